The lowest BCUT2D eigenvalue weighted by molar-refractivity contribution is 0.456. The highest BCUT2D eigenvalue weighted by molar-refractivity contribution is 7.18. The molecule has 0 radical (unpaired) electrons. The van der Waals surface area contributed by atoms with Crippen LogP contribution in [0.25, 0.3) is 21.0 Å². The van der Waals surface area contributed by atoms with Gasteiger partial charge in [0.25, 0.3) is 5.56 Å². The second-order valence-electron chi connectivity index (χ2n) is 8.96. The number of aryl methyl sites for hydroxylation is 1. The molecule has 0 amide bonds. The number of nitrogens with zero attached hydrogens (tertiary/aromatic N) is 2. The van der Waals surface area contributed by atoms with E-state index in [4.69, 9.17) is 0 Å². The normalized spacial score (nSPS) is 15.6. The lowest BCUT2D eigenvalue weighted by Gasteiger charge is -2.23. The molecule has 1 N–H and O–H groups in total. The van der Waals surface area contributed by atoms with Gasteiger partial charge < -0.3 is 5.32 Å². The van der Waals surface area contributed by atoms with Crippen LogP contribution in [0.3, 0.4) is 0 Å². The molecular weight excluding hydrogens is 445 g/mol. The van der Waals surface area contributed by atoms with Crippen molar-refractivity contribution in [3.8, 4) is 0 Å². The van der Waals surface area contributed by atoms with Crippen molar-refractivity contribution in [3.05, 3.63) is 111 Å². The quantitative estimate of drug-likeness (QED) is 0.373. The monoisotopic (exact) mass is 469 g/mol. The van der Waals surface area contributed by atoms with Crippen molar-refractivity contribution in [1.82, 2.24) is 14.9 Å². The first-order valence-corrected chi connectivity index (χ1v) is 12.4. The SMILES string of the molecule is O=c1c2c3c(sc2ncn1Cc1ccc2ccccc2c1)CC(NCc1ccccc1F)CC3. The van der Waals surface area contributed by atoms with Crippen LogP contribution in [-0.2, 0) is 25.9 Å². The highest BCUT2D eigenvalue weighted by atomic mass is 32.1. The standard InChI is InChI=1S/C28H24FN3OS/c29-24-8-4-3-7-21(24)15-30-22-11-12-23-25(14-22)34-27-26(23)28(33)32(17-31-27)16-18-9-10-19-5-1-2-6-20(19)13-18/h1-10,13,17,22,30H,11-12,14-16H2. The molecule has 2 heterocycles. The number of thiophene rings is 1. The number of halogens is 1. The Balaban J connectivity index is 1.24. The zero-order chi connectivity index (χ0) is 23.1. The molecule has 0 aliphatic heterocycles. The van der Waals surface area contributed by atoms with Crippen LogP contribution >= 0.6 is 11.3 Å². The van der Waals surface area contributed by atoms with E-state index in [-0.39, 0.29) is 17.4 Å². The smallest absolute Gasteiger partial charge is 0.262 e. The van der Waals surface area contributed by atoms with Crippen molar-refractivity contribution in [2.45, 2.75) is 38.4 Å². The fourth-order valence-electron chi connectivity index (χ4n) is 4.92. The minimum absolute atomic E-state index is 0.0356. The van der Waals surface area contributed by atoms with E-state index < -0.39 is 0 Å². The van der Waals surface area contributed by atoms with E-state index in [1.54, 1.807) is 28.3 Å². The average molecular weight is 470 g/mol. The van der Waals surface area contributed by atoms with Gasteiger partial charge >= 0.3 is 0 Å². The predicted octanol–water partition coefficient (Wildman–Crippen LogP) is 5.45. The van der Waals surface area contributed by atoms with Gasteiger partial charge in [-0.1, -0.05) is 54.6 Å². The molecule has 6 rings (SSSR count). The Kier molecular flexibility index (Phi) is 5.47. The zero-order valence-corrected chi connectivity index (χ0v) is 19.4. The van der Waals surface area contributed by atoms with Gasteiger partial charge in [0.05, 0.1) is 18.3 Å². The molecule has 1 aliphatic rings. The van der Waals surface area contributed by atoms with Crippen LogP contribution < -0.4 is 10.9 Å². The number of nitrogens with one attached hydrogen (secondary N) is 1. The molecule has 0 fully saturated rings. The average Bonchev–Trinajstić information content (AvgIpc) is 3.24. The summed E-state index contributed by atoms with van der Waals surface area (Å²) in [7, 11) is 0. The summed E-state index contributed by atoms with van der Waals surface area (Å²) in [6.07, 6.45) is 4.28. The Morgan fingerprint density at radius 3 is 2.76 bits per heavy atom. The van der Waals surface area contributed by atoms with Gasteiger partial charge in [-0.25, -0.2) is 9.37 Å². The van der Waals surface area contributed by atoms with Crippen molar-refractivity contribution in [1.29, 1.82) is 0 Å². The number of hydrogen-bond donors (Lipinski definition) is 1. The molecule has 6 heteroatoms. The van der Waals surface area contributed by atoms with Gasteiger partial charge in [0.2, 0.25) is 0 Å². The van der Waals surface area contributed by atoms with E-state index >= 15 is 0 Å². The van der Waals surface area contributed by atoms with Gasteiger partial charge in [-0.15, -0.1) is 11.3 Å². The van der Waals surface area contributed by atoms with Crippen molar-refractivity contribution in [3.63, 3.8) is 0 Å². The van der Waals surface area contributed by atoms with E-state index in [2.05, 4.69) is 40.6 Å². The first kappa shape index (κ1) is 21.2. The summed E-state index contributed by atoms with van der Waals surface area (Å²) in [6, 6.07) is 21.7. The lowest BCUT2D eigenvalue weighted by atomic mass is 9.93. The van der Waals surface area contributed by atoms with Gasteiger partial charge in [-0.05, 0) is 53.3 Å². The van der Waals surface area contributed by atoms with Crippen LogP contribution in [0.15, 0.2) is 77.9 Å². The highest BCUT2D eigenvalue weighted by Crippen LogP contribution is 2.34. The Hall–Kier alpha value is -3.35. The summed E-state index contributed by atoms with van der Waals surface area (Å²) < 4.78 is 15.7. The minimum atomic E-state index is -0.176. The largest absolute Gasteiger partial charge is 0.309 e. The Labute approximate surface area is 200 Å². The van der Waals surface area contributed by atoms with Gasteiger partial charge in [0, 0.05) is 23.0 Å². The molecule has 0 saturated carbocycles. The first-order chi connectivity index (χ1) is 16.7. The van der Waals surface area contributed by atoms with Crippen LogP contribution in [0.1, 0.15) is 28.0 Å². The maximum Gasteiger partial charge on any atom is 0.262 e. The molecule has 0 saturated heterocycles. The zero-order valence-electron chi connectivity index (χ0n) is 18.6. The van der Waals surface area contributed by atoms with E-state index in [0.29, 0.717) is 18.7 Å². The van der Waals surface area contributed by atoms with Crippen molar-refractivity contribution >= 4 is 32.3 Å². The van der Waals surface area contributed by atoms with E-state index in [1.165, 1.54) is 21.7 Å². The number of aromatic nitrogens is 2. The molecular formula is C28H24FN3OS. The van der Waals surface area contributed by atoms with Crippen molar-refractivity contribution < 1.29 is 4.39 Å². The van der Waals surface area contributed by atoms with Crippen LogP contribution in [0.4, 0.5) is 4.39 Å². The van der Waals surface area contributed by atoms with Gasteiger partial charge in [0.1, 0.15) is 10.6 Å². The predicted molar refractivity (Wildman–Crippen MR) is 136 cm³/mol. The summed E-state index contributed by atoms with van der Waals surface area (Å²) >= 11 is 1.62. The fourth-order valence-corrected chi connectivity index (χ4v) is 6.18. The number of hydrogen-bond acceptors (Lipinski definition) is 4. The third-order valence-electron chi connectivity index (χ3n) is 6.74. The van der Waals surface area contributed by atoms with E-state index in [1.807, 2.05) is 24.3 Å². The molecule has 1 atom stereocenters. The summed E-state index contributed by atoms with van der Waals surface area (Å²) in [5.74, 6) is -0.176. The molecule has 1 aliphatic carbocycles. The number of rotatable bonds is 5. The molecule has 0 spiro atoms. The van der Waals surface area contributed by atoms with Crippen LogP contribution in [0, 0.1) is 5.82 Å². The Morgan fingerprint density at radius 1 is 1.06 bits per heavy atom. The van der Waals surface area contributed by atoms with E-state index in [9.17, 15) is 9.18 Å². The van der Waals surface area contributed by atoms with Gasteiger partial charge in [-0.2, -0.15) is 0 Å². The summed E-state index contributed by atoms with van der Waals surface area (Å²) in [5, 5.41) is 6.64. The highest BCUT2D eigenvalue weighted by Gasteiger charge is 2.25. The van der Waals surface area contributed by atoms with Gasteiger partial charge in [0.15, 0.2) is 0 Å². The maximum absolute atomic E-state index is 14.0. The number of benzene rings is 3. The van der Waals surface area contributed by atoms with Crippen molar-refractivity contribution in [2.75, 3.05) is 0 Å². The fraction of sp³-hybridized carbons (Fsp3) is 0.214. The molecule has 0 bridgehead atoms. The minimum Gasteiger partial charge on any atom is -0.309 e. The third kappa shape index (κ3) is 3.93. The summed E-state index contributed by atoms with van der Waals surface area (Å²) in [4.78, 5) is 20.1. The molecule has 170 valence electrons. The Morgan fingerprint density at radius 2 is 1.88 bits per heavy atom. The van der Waals surface area contributed by atoms with Crippen LogP contribution in [-0.4, -0.2) is 15.6 Å². The molecule has 34 heavy (non-hydrogen) atoms. The first-order valence-electron chi connectivity index (χ1n) is 11.6. The second kappa shape index (κ2) is 8.78. The molecule has 5 aromatic rings. The van der Waals surface area contributed by atoms with Crippen molar-refractivity contribution in [2.24, 2.45) is 0 Å². The number of fused-ring (bicyclic) bond motifs is 4. The molecule has 3 aromatic carbocycles. The molecule has 4 nitrogen and oxygen atoms in total. The Bertz CT molecular complexity index is 1570. The molecule has 2 aromatic heterocycles. The lowest BCUT2D eigenvalue weighted by Crippen LogP contribution is -2.34. The van der Waals surface area contributed by atoms with E-state index in [0.717, 1.165) is 40.6 Å². The summed E-state index contributed by atoms with van der Waals surface area (Å²) in [6.45, 7) is 1.01. The third-order valence-corrected chi connectivity index (χ3v) is 7.90. The molecule has 1 unspecified atom stereocenters. The van der Waals surface area contributed by atoms with Crippen LogP contribution in [0.2, 0.25) is 0 Å². The second-order valence-corrected chi connectivity index (χ2v) is 10.0. The topological polar surface area (TPSA) is 46.9 Å². The van der Waals surface area contributed by atoms with Gasteiger partial charge in [-0.3, -0.25) is 9.36 Å². The van der Waals surface area contributed by atoms with Crippen LogP contribution in [0.5, 0.6) is 0 Å². The summed E-state index contributed by atoms with van der Waals surface area (Å²) in [5.41, 5.74) is 2.95. The maximum atomic E-state index is 14.0.